The monoisotopic (exact) mass is 421 g/mol. The Kier molecular flexibility index (Phi) is 6.66. The normalized spacial score (nSPS) is 19.6. The van der Waals surface area contributed by atoms with Gasteiger partial charge < -0.3 is 5.32 Å². The highest BCUT2D eigenvalue weighted by Crippen LogP contribution is 2.35. The van der Waals surface area contributed by atoms with E-state index in [0.29, 0.717) is 24.6 Å². The molecular weight excluding hydrogens is 398 g/mol. The van der Waals surface area contributed by atoms with Crippen LogP contribution in [0.15, 0.2) is 38.1 Å². The van der Waals surface area contributed by atoms with E-state index in [9.17, 15) is 9.59 Å². The molecule has 0 aliphatic heterocycles. The van der Waals surface area contributed by atoms with E-state index in [1.165, 1.54) is 5.56 Å². The molecule has 1 aliphatic rings. The molecule has 1 saturated carbocycles. The van der Waals surface area contributed by atoms with E-state index in [4.69, 9.17) is 0 Å². The minimum absolute atomic E-state index is 0.133. The number of nitrogens with one attached hydrogen (secondary N) is 2. The third kappa shape index (κ3) is 5.30. The number of rotatable bonds is 8. The maximum absolute atomic E-state index is 12.3. The van der Waals surface area contributed by atoms with Crippen LogP contribution >= 0.6 is 15.9 Å². The number of aryl methyl sites for hydroxylation is 1. The van der Waals surface area contributed by atoms with Crippen LogP contribution in [-0.2, 0) is 11.2 Å². The van der Waals surface area contributed by atoms with Crippen molar-refractivity contribution in [3.63, 3.8) is 0 Å². The number of aromatic amines is 1. The number of hydrogen-bond donors (Lipinski definition) is 2. The first kappa shape index (κ1) is 18.9. The van der Waals surface area contributed by atoms with Crippen molar-refractivity contribution in [2.24, 2.45) is 0 Å². The Morgan fingerprint density at radius 3 is 2.77 bits per heavy atom. The van der Waals surface area contributed by atoms with Crippen LogP contribution in [0.2, 0.25) is 0 Å². The van der Waals surface area contributed by atoms with Crippen LogP contribution in [0, 0.1) is 0 Å². The van der Waals surface area contributed by atoms with Gasteiger partial charge in [-0.2, -0.15) is 0 Å². The Bertz CT molecular complexity index is 769. The highest BCUT2D eigenvalue weighted by Gasteiger charge is 2.29. The largest absolute Gasteiger partial charge is 0.438 e. The van der Waals surface area contributed by atoms with E-state index in [2.05, 4.69) is 60.2 Å². The van der Waals surface area contributed by atoms with Crippen molar-refractivity contribution in [3.8, 4) is 0 Å². The summed E-state index contributed by atoms with van der Waals surface area (Å²) in [6.07, 6.45) is 7.17. The zero-order chi connectivity index (χ0) is 18.4. The molecule has 1 aromatic carbocycles. The summed E-state index contributed by atoms with van der Waals surface area (Å²) in [7, 11) is 0. The number of benzene rings is 1. The molecule has 0 bridgehead atoms. The summed E-state index contributed by atoms with van der Waals surface area (Å²) in [6, 6.07) is 8.66. The van der Waals surface area contributed by atoms with Gasteiger partial charge >= 0.3 is 5.76 Å². The number of carbonyl (C=O) groups is 1. The maximum atomic E-state index is 12.3. The number of H-pyrrole nitrogens is 1. The third-order valence-electron chi connectivity index (χ3n) is 4.96. The molecule has 2 unspecified atom stereocenters. The van der Waals surface area contributed by atoms with Crippen molar-refractivity contribution >= 4 is 21.8 Å². The van der Waals surface area contributed by atoms with Gasteiger partial charge in [-0.15, -0.1) is 0 Å². The van der Waals surface area contributed by atoms with Crippen LogP contribution < -0.4 is 11.1 Å². The van der Waals surface area contributed by atoms with Crippen molar-refractivity contribution in [3.05, 3.63) is 50.7 Å². The summed E-state index contributed by atoms with van der Waals surface area (Å²) in [5.41, 5.74) is 1.30. The molecule has 1 heterocycles. The number of nitrogens with zero attached hydrogens (tertiary/aromatic N) is 1. The Labute approximate surface area is 160 Å². The second-order valence-electron chi connectivity index (χ2n) is 6.87. The third-order valence-corrected chi connectivity index (χ3v) is 5.49. The standard InChI is InChI=1S/C19H24BrN3O3/c20-14-11-9-13(10-12-14)15-5-4-6-16(15)21-18(24)8-3-1-2-7-17-22-19(25)26-23-17/h9-12,15-16H,1-8H2,(H,21,24)(H,22,23,25). The number of carbonyl (C=O) groups excluding carboxylic acids is 1. The average molecular weight is 422 g/mol. The van der Waals surface area contributed by atoms with E-state index in [1.54, 1.807) is 0 Å². The summed E-state index contributed by atoms with van der Waals surface area (Å²) in [4.78, 5) is 25.6. The predicted octanol–water partition coefficient (Wildman–Crippen LogP) is 3.68. The van der Waals surface area contributed by atoms with E-state index in [1.807, 2.05) is 0 Å². The Morgan fingerprint density at radius 1 is 1.23 bits per heavy atom. The van der Waals surface area contributed by atoms with Gasteiger partial charge in [0.2, 0.25) is 5.91 Å². The number of unbranched alkanes of at least 4 members (excludes halogenated alkanes) is 2. The summed E-state index contributed by atoms with van der Waals surface area (Å²) in [5, 5.41) is 6.86. The van der Waals surface area contributed by atoms with Crippen LogP contribution in [0.5, 0.6) is 0 Å². The zero-order valence-electron chi connectivity index (χ0n) is 14.7. The van der Waals surface area contributed by atoms with Crippen LogP contribution in [0.1, 0.15) is 62.3 Å². The predicted molar refractivity (Wildman–Crippen MR) is 102 cm³/mol. The molecule has 2 N–H and O–H groups in total. The fourth-order valence-corrected chi connectivity index (χ4v) is 3.91. The molecule has 0 radical (unpaired) electrons. The SMILES string of the molecule is O=C(CCCCCc1noc(=O)[nH]1)NC1CCCC1c1ccc(Br)cc1. The lowest BCUT2D eigenvalue weighted by atomic mass is 9.94. The lowest BCUT2D eigenvalue weighted by Gasteiger charge is -2.21. The number of aromatic nitrogens is 2. The van der Waals surface area contributed by atoms with Gasteiger partial charge in [-0.25, -0.2) is 4.79 Å². The summed E-state index contributed by atoms with van der Waals surface area (Å²) in [6.45, 7) is 0. The van der Waals surface area contributed by atoms with Gasteiger partial charge in [-0.1, -0.05) is 46.1 Å². The topological polar surface area (TPSA) is 88.0 Å². The number of halogens is 1. The highest BCUT2D eigenvalue weighted by molar-refractivity contribution is 9.10. The van der Waals surface area contributed by atoms with Crippen molar-refractivity contribution in [2.45, 2.75) is 63.3 Å². The van der Waals surface area contributed by atoms with Crippen molar-refractivity contribution in [1.82, 2.24) is 15.5 Å². The zero-order valence-corrected chi connectivity index (χ0v) is 16.3. The average Bonchev–Trinajstić information content (AvgIpc) is 3.24. The molecule has 1 fully saturated rings. The van der Waals surface area contributed by atoms with Crippen molar-refractivity contribution in [2.75, 3.05) is 0 Å². The van der Waals surface area contributed by atoms with Gasteiger partial charge in [-0.05, 0) is 43.4 Å². The first-order valence-corrected chi connectivity index (χ1v) is 10.0. The molecule has 26 heavy (non-hydrogen) atoms. The molecule has 3 rings (SSSR count). The molecule has 140 valence electrons. The number of amides is 1. The quantitative estimate of drug-likeness (QED) is 0.636. The van der Waals surface area contributed by atoms with Crippen molar-refractivity contribution in [1.29, 1.82) is 0 Å². The van der Waals surface area contributed by atoms with Gasteiger partial charge in [-0.3, -0.25) is 14.3 Å². The molecule has 0 saturated heterocycles. The van der Waals surface area contributed by atoms with Gasteiger partial charge in [0.25, 0.3) is 0 Å². The second-order valence-corrected chi connectivity index (χ2v) is 7.78. The molecule has 0 spiro atoms. The molecular formula is C19H24BrN3O3. The molecule has 2 atom stereocenters. The van der Waals surface area contributed by atoms with E-state index >= 15 is 0 Å². The fraction of sp³-hybridized carbons (Fsp3) is 0.526. The molecule has 2 aromatic rings. The Balaban J connectivity index is 1.38. The van der Waals surface area contributed by atoms with Gasteiger partial charge in [0.15, 0.2) is 5.82 Å². The summed E-state index contributed by atoms with van der Waals surface area (Å²) in [5.74, 6) is 0.601. The smallest absolute Gasteiger partial charge is 0.353 e. The Hall–Kier alpha value is -1.89. The summed E-state index contributed by atoms with van der Waals surface area (Å²) < 4.78 is 5.54. The van der Waals surface area contributed by atoms with Crippen LogP contribution in [0.3, 0.4) is 0 Å². The summed E-state index contributed by atoms with van der Waals surface area (Å²) >= 11 is 3.47. The Morgan fingerprint density at radius 2 is 2.04 bits per heavy atom. The highest BCUT2D eigenvalue weighted by atomic mass is 79.9. The van der Waals surface area contributed by atoms with E-state index in [0.717, 1.165) is 43.0 Å². The number of hydrogen-bond acceptors (Lipinski definition) is 4. The molecule has 6 nitrogen and oxygen atoms in total. The lowest BCUT2D eigenvalue weighted by Crippen LogP contribution is -2.36. The molecule has 7 heteroatoms. The minimum Gasteiger partial charge on any atom is -0.353 e. The van der Waals surface area contributed by atoms with E-state index < -0.39 is 5.76 Å². The lowest BCUT2D eigenvalue weighted by molar-refractivity contribution is -0.122. The van der Waals surface area contributed by atoms with Crippen LogP contribution in [0.4, 0.5) is 0 Å². The van der Waals surface area contributed by atoms with Crippen LogP contribution in [0.25, 0.3) is 0 Å². The van der Waals surface area contributed by atoms with E-state index in [-0.39, 0.29) is 11.9 Å². The van der Waals surface area contributed by atoms with Gasteiger partial charge in [0.05, 0.1) is 0 Å². The first-order valence-electron chi connectivity index (χ1n) is 9.21. The first-order chi connectivity index (χ1) is 12.6. The van der Waals surface area contributed by atoms with Gasteiger partial charge in [0.1, 0.15) is 0 Å². The van der Waals surface area contributed by atoms with Gasteiger partial charge in [0, 0.05) is 29.3 Å². The fourth-order valence-electron chi connectivity index (χ4n) is 3.64. The molecule has 1 aromatic heterocycles. The maximum Gasteiger partial charge on any atom is 0.438 e. The molecule has 1 amide bonds. The van der Waals surface area contributed by atoms with Crippen LogP contribution in [-0.4, -0.2) is 22.1 Å². The second kappa shape index (κ2) is 9.16. The van der Waals surface area contributed by atoms with Crippen molar-refractivity contribution < 1.29 is 9.32 Å². The molecule has 1 aliphatic carbocycles. The minimum atomic E-state index is -0.517.